The van der Waals surface area contributed by atoms with Gasteiger partial charge in [0, 0.05) is 12.8 Å². The van der Waals surface area contributed by atoms with Gasteiger partial charge in [-0.3, -0.25) is 9.59 Å². The summed E-state index contributed by atoms with van der Waals surface area (Å²) < 4.78 is 6.03. The van der Waals surface area contributed by atoms with Crippen molar-refractivity contribution in [2.75, 3.05) is 6.54 Å². The van der Waals surface area contributed by atoms with E-state index in [9.17, 15) is 19.5 Å². The number of carbonyl (C=O) groups excluding carboxylic acids is 2. The molecule has 1 amide bonds. The Bertz CT molecular complexity index is 931. The molecular formula is C46H84N2O5. The lowest BCUT2D eigenvalue weighted by atomic mass is 10.0. The molecule has 308 valence electrons. The van der Waals surface area contributed by atoms with E-state index >= 15 is 0 Å². The van der Waals surface area contributed by atoms with Gasteiger partial charge >= 0.3 is 11.9 Å². The van der Waals surface area contributed by atoms with Crippen LogP contribution in [-0.4, -0.2) is 41.6 Å². The Labute approximate surface area is 326 Å². The minimum atomic E-state index is -1.01. The van der Waals surface area contributed by atoms with Gasteiger partial charge in [-0.1, -0.05) is 147 Å². The third-order valence-corrected chi connectivity index (χ3v) is 9.93. The van der Waals surface area contributed by atoms with E-state index < -0.39 is 12.0 Å². The van der Waals surface area contributed by atoms with E-state index in [1.165, 1.54) is 89.9 Å². The minimum absolute atomic E-state index is 0.0239. The first-order valence-electron chi connectivity index (χ1n) is 22.3. The van der Waals surface area contributed by atoms with Crippen LogP contribution in [0.4, 0.5) is 0 Å². The van der Waals surface area contributed by atoms with Crippen molar-refractivity contribution in [3.8, 4) is 0 Å². The number of aliphatic carboxylic acids is 1. The SMILES string of the molecule is CCCC/C=C\C/C=C\CCCCCCCC(=O)OC(CCC/C=C\CCCCCCCCCC)CCCCCCCC(=O)NC(CCCN)C(=O)O. The number of hydrogen-bond donors (Lipinski definition) is 3. The van der Waals surface area contributed by atoms with E-state index in [0.717, 1.165) is 89.9 Å². The molecule has 53 heavy (non-hydrogen) atoms. The van der Waals surface area contributed by atoms with Crippen molar-refractivity contribution in [3.05, 3.63) is 36.5 Å². The smallest absolute Gasteiger partial charge is 0.326 e. The second-order valence-corrected chi connectivity index (χ2v) is 15.1. The van der Waals surface area contributed by atoms with Crippen LogP contribution in [0.1, 0.15) is 219 Å². The summed E-state index contributed by atoms with van der Waals surface area (Å²) in [5.41, 5.74) is 5.49. The van der Waals surface area contributed by atoms with Crippen molar-refractivity contribution in [2.24, 2.45) is 5.73 Å². The molecule has 0 bridgehead atoms. The van der Waals surface area contributed by atoms with E-state index in [1.54, 1.807) is 0 Å². The molecule has 0 saturated heterocycles. The second-order valence-electron chi connectivity index (χ2n) is 15.1. The molecule has 0 saturated carbocycles. The summed E-state index contributed by atoms with van der Waals surface area (Å²) in [6, 6.07) is -0.860. The number of ether oxygens (including phenoxy) is 1. The molecule has 0 aliphatic carbocycles. The summed E-state index contributed by atoms with van der Waals surface area (Å²) in [5.74, 6) is -1.26. The van der Waals surface area contributed by atoms with Crippen molar-refractivity contribution < 1.29 is 24.2 Å². The van der Waals surface area contributed by atoms with E-state index in [-0.39, 0.29) is 18.0 Å². The van der Waals surface area contributed by atoms with E-state index in [0.29, 0.717) is 32.2 Å². The Morgan fingerprint density at radius 1 is 0.547 bits per heavy atom. The predicted molar refractivity (Wildman–Crippen MR) is 225 cm³/mol. The molecule has 4 N–H and O–H groups in total. The molecule has 0 aliphatic heterocycles. The maximum absolute atomic E-state index is 12.8. The number of rotatable bonds is 40. The fourth-order valence-corrected chi connectivity index (χ4v) is 6.53. The lowest BCUT2D eigenvalue weighted by molar-refractivity contribution is -0.150. The first-order chi connectivity index (χ1) is 25.9. The lowest BCUT2D eigenvalue weighted by Crippen LogP contribution is -2.40. The number of carbonyl (C=O) groups is 3. The molecular weight excluding hydrogens is 661 g/mol. The topological polar surface area (TPSA) is 119 Å². The van der Waals surface area contributed by atoms with Crippen molar-refractivity contribution in [1.29, 1.82) is 0 Å². The number of nitrogens with two attached hydrogens (primary N) is 1. The highest BCUT2D eigenvalue weighted by atomic mass is 16.5. The van der Waals surface area contributed by atoms with Gasteiger partial charge in [-0.15, -0.1) is 0 Å². The largest absolute Gasteiger partial charge is 0.480 e. The Morgan fingerprint density at radius 3 is 1.60 bits per heavy atom. The minimum Gasteiger partial charge on any atom is -0.480 e. The highest BCUT2D eigenvalue weighted by molar-refractivity contribution is 5.83. The summed E-state index contributed by atoms with van der Waals surface area (Å²) in [6.07, 6.45) is 47.6. The van der Waals surface area contributed by atoms with E-state index in [2.05, 4.69) is 55.6 Å². The summed E-state index contributed by atoms with van der Waals surface area (Å²) in [6.45, 7) is 4.90. The van der Waals surface area contributed by atoms with Gasteiger partial charge in [-0.2, -0.15) is 0 Å². The van der Waals surface area contributed by atoms with Gasteiger partial charge in [0.25, 0.3) is 0 Å². The van der Waals surface area contributed by atoms with Crippen LogP contribution < -0.4 is 11.1 Å². The van der Waals surface area contributed by atoms with Crippen LogP contribution in [-0.2, 0) is 19.1 Å². The molecule has 2 unspecified atom stereocenters. The van der Waals surface area contributed by atoms with Crippen LogP contribution in [0.15, 0.2) is 36.5 Å². The first-order valence-corrected chi connectivity index (χ1v) is 22.3. The van der Waals surface area contributed by atoms with Crippen LogP contribution in [0, 0.1) is 0 Å². The molecule has 7 nitrogen and oxygen atoms in total. The van der Waals surface area contributed by atoms with Gasteiger partial charge in [-0.25, -0.2) is 4.79 Å². The van der Waals surface area contributed by atoms with Crippen molar-refractivity contribution in [3.63, 3.8) is 0 Å². The Balaban J connectivity index is 4.39. The van der Waals surface area contributed by atoms with Gasteiger partial charge in [0.2, 0.25) is 5.91 Å². The monoisotopic (exact) mass is 745 g/mol. The number of esters is 1. The van der Waals surface area contributed by atoms with Gasteiger partial charge < -0.3 is 20.9 Å². The molecule has 0 aromatic carbocycles. The zero-order valence-corrected chi connectivity index (χ0v) is 34.6. The molecule has 0 aliphatic rings. The Morgan fingerprint density at radius 2 is 1.02 bits per heavy atom. The zero-order chi connectivity index (χ0) is 38.9. The van der Waals surface area contributed by atoms with E-state index in [1.807, 2.05) is 0 Å². The molecule has 0 aromatic rings. The normalized spacial score (nSPS) is 13.0. The summed E-state index contributed by atoms with van der Waals surface area (Å²) in [7, 11) is 0. The fraction of sp³-hybridized carbons (Fsp3) is 0.804. The van der Waals surface area contributed by atoms with Crippen LogP contribution in [0.2, 0.25) is 0 Å². The number of hydrogen-bond acceptors (Lipinski definition) is 5. The molecule has 0 spiro atoms. The van der Waals surface area contributed by atoms with Gasteiger partial charge in [0.05, 0.1) is 0 Å². The fourth-order valence-electron chi connectivity index (χ4n) is 6.53. The Kier molecular flexibility index (Phi) is 38.9. The maximum atomic E-state index is 12.8. The van der Waals surface area contributed by atoms with Crippen molar-refractivity contribution in [2.45, 2.75) is 231 Å². The van der Waals surface area contributed by atoms with Gasteiger partial charge in [0.1, 0.15) is 12.1 Å². The highest BCUT2D eigenvalue weighted by Gasteiger charge is 2.19. The molecule has 0 radical (unpaired) electrons. The molecule has 0 fully saturated rings. The van der Waals surface area contributed by atoms with Crippen LogP contribution >= 0.6 is 0 Å². The number of carboxylic acid groups (broad SMARTS) is 1. The van der Waals surface area contributed by atoms with Gasteiger partial charge in [0.15, 0.2) is 0 Å². The molecule has 0 heterocycles. The number of carboxylic acids is 1. The first kappa shape index (κ1) is 50.6. The third kappa shape index (κ3) is 37.7. The predicted octanol–water partition coefficient (Wildman–Crippen LogP) is 12.6. The molecule has 2 atom stereocenters. The summed E-state index contributed by atoms with van der Waals surface area (Å²) >= 11 is 0. The lowest BCUT2D eigenvalue weighted by Gasteiger charge is -2.18. The molecule has 0 rings (SSSR count). The average Bonchev–Trinajstić information content (AvgIpc) is 3.14. The van der Waals surface area contributed by atoms with Gasteiger partial charge in [-0.05, 0) is 103 Å². The molecule has 7 heteroatoms. The number of amides is 1. The van der Waals surface area contributed by atoms with Crippen molar-refractivity contribution >= 4 is 17.8 Å². The maximum Gasteiger partial charge on any atom is 0.326 e. The average molecular weight is 745 g/mol. The molecule has 0 aromatic heterocycles. The van der Waals surface area contributed by atoms with E-state index in [4.69, 9.17) is 10.5 Å². The second kappa shape index (κ2) is 40.8. The Hall–Kier alpha value is -2.41. The van der Waals surface area contributed by atoms with Crippen molar-refractivity contribution in [1.82, 2.24) is 5.32 Å². The third-order valence-electron chi connectivity index (χ3n) is 9.93. The van der Waals surface area contributed by atoms with Crippen LogP contribution in [0.5, 0.6) is 0 Å². The number of allylic oxidation sites excluding steroid dienone is 6. The summed E-state index contributed by atoms with van der Waals surface area (Å²) in [4.78, 5) is 36.4. The number of nitrogens with one attached hydrogen (secondary N) is 1. The van der Waals surface area contributed by atoms with Crippen LogP contribution in [0.3, 0.4) is 0 Å². The zero-order valence-electron chi connectivity index (χ0n) is 34.6. The summed E-state index contributed by atoms with van der Waals surface area (Å²) in [5, 5.41) is 11.9. The standard InChI is InChI=1S/C46H84N2O5/c1-3-5-7-9-11-13-15-17-19-21-23-25-30-34-40-45(50)53-42(36-31-27-24-22-20-18-16-14-12-10-8-6-4-2)37-32-28-26-29-33-39-44(49)48-43(46(51)52)38-35-41-47/h9,11,15,17,22,24,42-43H,3-8,10,12-14,16,18-21,23,25-41,47H2,1-2H3,(H,48,49)(H,51,52)/b11-9-,17-15-,24-22-. The quantitative estimate of drug-likeness (QED) is 0.0326. The van der Waals surface area contributed by atoms with Crippen LogP contribution in [0.25, 0.3) is 0 Å². The highest BCUT2D eigenvalue weighted by Crippen LogP contribution is 2.18. The number of unbranched alkanes of at least 4 members (excludes halogenated alkanes) is 20.